The largest absolute Gasteiger partial charge is 0.326 e. The maximum atomic E-state index is 12.5. The molecule has 0 saturated heterocycles. The molecule has 1 aromatic carbocycles. The molecule has 3 aromatic heterocycles. The van der Waals surface area contributed by atoms with Crippen LogP contribution in [0.1, 0.15) is 25.5 Å². The molecule has 2 amide bonds. The standard InChI is InChI=1S/C23H23N7OS/c1-16(2)30-15-25-29-22(30)19-9-6-10-20(26-19)27-23(31)28-21-13-18(11-12-24-21)32-14-17-7-4-3-5-8-17/h3-13,15-16H,14H2,1-2H3,(H2,24,26,27,28,31). The number of rotatable bonds is 7. The van der Waals surface area contributed by atoms with E-state index in [-0.39, 0.29) is 6.04 Å². The summed E-state index contributed by atoms with van der Waals surface area (Å²) in [6.45, 7) is 4.09. The van der Waals surface area contributed by atoms with Crippen molar-refractivity contribution in [2.75, 3.05) is 10.6 Å². The van der Waals surface area contributed by atoms with E-state index in [4.69, 9.17) is 0 Å². The fourth-order valence-electron chi connectivity index (χ4n) is 3.01. The van der Waals surface area contributed by atoms with Crippen molar-refractivity contribution in [1.82, 2.24) is 24.7 Å². The Morgan fingerprint density at radius 2 is 1.84 bits per heavy atom. The van der Waals surface area contributed by atoms with E-state index in [0.717, 1.165) is 10.6 Å². The Labute approximate surface area is 190 Å². The Bertz CT molecular complexity index is 1190. The normalized spacial score (nSPS) is 10.8. The van der Waals surface area contributed by atoms with Crippen LogP contribution >= 0.6 is 11.8 Å². The third kappa shape index (κ3) is 5.50. The van der Waals surface area contributed by atoms with Crippen molar-refractivity contribution >= 4 is 29.4 Å². The van der Waals surface area contributed by atoms with Crippen molar-refractivity contribution < 1.29 is 4.79 Å². The van der Waals surface area contributed by atoms with Crippen LogP contribution in [0.25, 0.3) is 11.5 Å². The Morgan fingerprint density at radius 3 is 2.66 bits per heavy atom. The van der Waals surface area contributed by atoms with Crippen molar-refractivity contribution in [3.8, 4) is 11.5 Å². The number of aromatic nitrogens is 5. The number of hydrogen-bond donors (Lipinski definition) is 2. The molecule has 3 heterocycles. The van der Waals surface area contributed by atoms with Gasteiger partial charge in [0.2, 0.25) is 0 Å². The molecule has 4 aromatic rings. The van der Waals surface area contributed by atoms with Crippen molar-refractivity contribution in [3.63, 3.8) is 0 Å². The number of hydrogen-bond acceptors (Lipinski definition) is 6. The molecule has 32 heavy (non-hydrogen) atoms. The molecule has 0 aliphatic heterocycles. The maximum Gasteiger partial charge on any atom is 0.326 e. The minimum atomic E-state index is -0.419. The van der Waals surface area contributed by atoms with Crippen molar-refractivity contribution in [1.29, 1.82) is 0 Å². The smallest absolute Gasteiger partial charge is 0.310 e. The molecule has 162 valence electrons. The molecule has 0 unspecified atom stereocenters. The fraction of sp³-hybridized carbons (Fsp3) is 0.174. The molecule has 0 saturated carbocycles. The number of benzene rings is 1. The average Bonchev–Trinajstić information content (AvgIpc) is 3.29. The zero-order chi connectivity index (χ0) is 22.3. The highest BCUT2D eigenvalue weighted by Gasteiger charge is 2.13. The van der Waals surface area contributed by atoms with Crippen LogP contribution in [0, 0.1) is 0 Å². The highest BCUT2D eigenvalue weighted by Crippen LogP contribution is 2.24. The fourth-order valence-corrected chi connectivity index (χ4v) is 3.88. The highest BCUT2D eigenvalue weighted by molar-refractivity contribution is 7.98. The Balaban J connectivity index is 1.39. The summed E-state index contributed by atoms with van der Waals surface area (Å²) in [6.07, 6.45) is 3.35. The summed E-state index contributed by atoms with van der Waals surface area (Å²) >= 11 is 1.68. The van der Waals surface area contributed by atoms with Crippen LogP contribution in [0.15, 0.2) is 78.1 Å². The Kier molecular flexibility index (Phi) is 6.76. The summed E-state index contributed by atoms with van der Waals surface area (Å²) < 4.78 is 1.93. The van der Waals surface area contributed by atoms with Gasteiger partial charge < -0.3 is 4.57 Å². The van der Waals surface area contributed by atoms with Gasteiger partial charge in [-0.15, -0.1) is 22.0 Å². The number of thioether (sulfide) groups is 1. The molecule has 0 radical (unpaired) electrons. The van der Waals surface area contributed by atoms with Gasteiger partial charge in [0.15, 0.2) is 5.82 Å². The number of nitrogens with one attached hydrogen (secondary N) is 2. The number of urea groups is 1. The molecule has 0 atom stereocenters. The van der Waals surface area contributed by atoms with Gasteiger partial charge in [-0.25, -0.2) is 14.8 Å². The summed E-state index contributed by atoms with van der Waals surface area (Å²) in [4.78, 5) is 22.3. The van der Waals surface area contributed by atoms with Gasteiger partial charge >= 0.3 is 6.03 Å². The van der Waals surface area contributed by atoms with E-state index in [1.807, 2.05) is 60.9 Å². The molecular weight excluding hydrogens is 422 g/mol. The van der Waals surface area contributed by atoms with Gasteiger partial charge in [-0.05, 0) is 43.7 Å². The van der Waals surface area contributed by atoms with Gasteiger partial charge in [0, 0.05) is 22.9 Å². The van der Waals surface area contributed by atoms with E-state index >= 15 is 0 Å². The minimum absolute atomic E-state index is 0.194. The van der Waals surface area contributed by atoms with Gasteiger partial charge in [0.1, 0.15) is 23.7 Å². The lowest BCUT2D eigenvalue weighted by molar-refractivity contribution is 0.262. The summed E-state index contributed by atoms with van der Waals surface area (Å²) in [5.41, 5.74) is 1.87. The van der Waals surface area contributed by atoms with Crippen LogP contribution < -0.4 is 10.6 Å². The van der Waals surface area contributed by atoms with Gasteiger partial charge in [0.05, 0.1) is 0 Å². The third-order valence-corrected chi connectivity index (χ3v) is 5.64. The summed E-state index contributed by atoms with van der Waals surface area (Å²) in [5.74, 6) is 2.37. The lowest BCUT2D eigenvalue weighted by Gasteiger charge is -2.11. The number of anilines is 2. The van der Waals surface area contributed by atoms with Crippen LogP contribution in [0.4, 0.5) is 16.4 Å². The van der Waals surface area contributed by atoms with E-state index in [1.165, 1.54) is 5.56 Å². The SMILES string of the molecule is CC(C)n1cnnc1-c1cccc(NC(=O)Nc2cc(SCc3ccccc3)ccn2)n1. The lowest BCUT2D eigenvalue weighted by Crippen LogP contribution is -2.20. The molecule has 2 N–H and O–H groups in total. The molecule has 0 fully saturated rings. The topological polar surface area (TPSA) is 97.6 Å². The van der Waals surface area contributed by atoms with Crippen LogP contribution in [0.5, 0.6) is 0 Å². The molecule has 8 nitrogen and oxygen atoms in total. The van der Waals surface area contributed by atoms with E-state index in [2.05, 4.69) is 42.9 Å². The van der Waals surface area contributed by atoms with Gasteiger partial charge in [-0.3, -0.25) is 10.6 Å². The van der Waals surface area contributed by atoms with Crippen molar-refractivity contribution in [3.05, 3.63) is 78.8 Å². The molecule has 4 rings (SSSR count). The third-order valence-electron chi connectivity index (χ3n) is 4.57. The van der Waals surface area contributed by atoms with Gasteiger partial charge in [0.25, 0.3) is 0 Å². The van der Waals surface area contributed by atoms with Gasteiger partial charge in [-0.2, -0.15) is 0 Å². The first kappa shape index (κ1) is 21.5. The molecule has 0 aliphatic rings. The predicted molar refractivity (Wildman–Crippen MR) is 127 cm³/mol. The lowest BCUT2D eigenvalue weighted by atomic mass is 10.2. The van der Waals surface area contributed by atoms with Crippen LogP contribution in [0.2, 0.25) is 0 Å². The number of nitrogens with zero attached hydrogens (tertiary/aromatic N) is 5. The number of carbonyl (C=O) groups is 1. The van der Waals surface area contributed by atoms with E-state index in [9.17, 15) is 4.79 Å². The van der Waals surface area contributed by atoms with E-state index in [0.29, 0.717) is 23.2 Å². The first-order valence-corrected chi connectivity index (χ1v) is 11.1. The zero-order valence-electron chi connectivity index (χ0n) is 17.8. The first-order valence-electron chi connectivity index (χ1n) is 10.2. The van der Waals surface area contributed by atoms with E-state index < -0.39 is 6.03 Å². The first-order chi connectivity index (χ1) is 15.6. The second-order valence-corrected chi connectivity index (χ2v) is 8.34. The molecule has 0 bridgehead atoms. The number of pyridine rings is 2. The second kappa shape index (κ2) is 10.1. The van der Waals surface area contributed by atoms with Crippen LogP contribution in [-0.4, -0.2) is 30.8 Å². The molecule has 0 spiro atoms. The molecule has 0 aliphatic carbocycles. The van der Waals surface area contributed by atoms with Crippen molar-refractivity contribution in [2.45, 2.75) is 30.5 Å². The predicted octanol–water partition coefficient (Wildman–Crippen LogP) is 5.25. The maximum absolute atomic E-state index is 12.5. The van der Waals surface area contributed by atoms with Crippen molar-refractivity contribution in [2.24, 2.45) is 0 Å². The summed E-state index contributed by atoms with van der Waals surface area (Å²) in [6, 6.07) is 19.1. The Morgan fingerprint density at radius 1 is 1.03 bits per heavy atom. The monoisotopic (exact) mass is 445 g/mol. The Hall–Kier alpha value is -3.72. The summed E-state index contributed by atoms with van der Waals surface area (Å²) in [5, 5.41) is 13.6. The number of amides is 2. The number of carbonyl (C=O) groups excluding carboxylic acids is 1. The van der Waals surface area contributed by atoms with Gasteiger partial charge in [-0.1, -0.05) is 36.4 Å². The average molecular weight is 446 g/mol. The highest BCUT2D eigenvalue weighted by atomic mass is 32.2. The quantitative estimate of drug-likeness (QED) is 0.377. The van der Waals surface area contributed by atoms with E-state index in [1.54, 1.807) is 30.4 Å². The van der Waals surface area contributed by atoms with Crippen LogP contribution in [-0.2, 0) is 5.75 Å². The minimum Gasteiger partial charge on any atom is -0.310 e. The molecule has 9 heteroatoms. The second-order valence-electron chi connectivity index (χ2n) is 7.29. The van der Waals surface area contributed by atoms with Crippen LogP contribution in [0.3, 0.4) is 0 Å². The molecular formula is C23H23N7OS. The zero-order valence-corrected chi connectivity index (χ0v) is 18.6. The summed E-state index contributed by atoms with van der Waals surface area (Å²) in [7, 11) is 0.